The van der Waals surface area contributed by atoms with Gasteiger partial charge in [-0.2, -0.15) is 0 Å². The molecule has 4 rings (SSSR count). The number of esters is 1. The number of hydrogen-bond donors (Lipinski definition) is 0. The molecule has 0 spiro atoms. The molecule has 0 unspecified atom stereocenters. The van der Waals surface area contributed by atoms with E-state index in [0.717, 1.165) is 10.6 Å². The lowest BCUT2D eigenvalue weighted by Gasteiger charge is -2.04. The summed E-state index contributed by atoms with van der Waals surface area (Å²) < 4.78 is 29.6. The Kier molecular flexibility index (Phi) is 5.94. The lowest BCUT2D eigenvalue weighted by atomic mass is 10.3. The van der Waals surface area contributed by atoms with Gasteiger partial charge in [0.15, 0.2) is 5.58 Å². The van der Waals surface area contributed by atoms with Gasteiger partial charge in [-0.15, -0.1) is 11.3 Å². The van der Waals surface area contributed by atoms with Gasteiger partial charge in [0, 0.05) is 11.4 Å². The number of halogens is 1. The number of hydrogen-bond acceptors (Lipinski definition) is 9. The summed E-state index contributed by atoms with van der Waals surface area (Å²) in [5.74, 6) is -1.39. The van der Waals surface area contributed by atoms with E-state index < -0.39 is 23.2 Å². The van der Waals surface area contributed by atoms with Crippen LogP contribution in [0.4, 0.5) is 10.1 Å². The molecule has 0 radical (unpaired) electrons. The van der Waals surface area contributed by atoms with E-state index in [4.69, 9.17) is 13.9 Å². The number of rotatable bonds is 8. The van der Waals surface area contributed by atoms with Crippen LogP contribution in [-0.2, 0) is 29.3 Å². The van der Waals surface area contributed by atoms with Crippen LogP contribution in [0.15, 0.2) is 57.1 Å². The maximum Gasteiger partial charge on any atom is 0.420 e. The monoisotopic (exact) mass is 459 g/mol. The van der Waals surface area contributed by atoms with E-state index in [-0.39, 0.29) is 35.8 Å². The van der Waals surface area contributed by atoms with E-state index >= 15 is 0 Å². The Labute approximate surface area is 182 Å². The molecule has 0 aliphatic heterocycles. The molecule has 32 heavy (non-hydrogen) atoms. The third-order valence-electron chi connectivity index (χ3n) is 4.31. The largest absolute Gasteiger partial charge is 0.486 e. The molecular weight excluding hydrogens is 445 g/mol. The summed E-state index contributed by atoms with van der Waals surface area (Å²) in [6.07, 6.45) is 0. The number of fused-ring (bicyclic) bond motifs is 1. The fraction of sp³-hybridized carbons (Fsp3) is 0.150. The molecule has 2 aromatic heterocycles. The Balaban J connectivity index is 1.33. The van der Waals surface area contributed by atoms with Gasteiger partial charge >= 0.3 is 11.7 Å². The van der Waals surface area contributed by atoms with Crippen molar-refractivity contribution in [2.45, 2.75) is 19.8 Å². The normalized spacial score (nSPS) is 10.9. The molecule has 0 N–H and O–H groups in total. The van der Waals surface area contributed by atoms with Crippen LogP contribution < -0.4 is 10.5 Å². The molecule has 0 saturated heterocycles. The van der Waals surface area contributed by atoms with Crippen LogP contribution in [0, 0.1) is 15.9 Å². The first-order chi connectivity index (χ1) is 15.4. The Bertz CT molecular complexity index is 1340. The maximum atomic E-state index is 12.9. The van der Waals surface area contributed by atoms with E-state index in [9.17, 15) is 24.1 Å². The van der Waals surface area contributed by atoms with Crippen LogP contribution in [0.25, 0.3) is 11.1 Å². The smallest absolute Gasteiger partial charge is 0.420 e. The zero-order chi connectivity index (χ0) is 22.7. The first-order valence-electron chi connectivity index (χ1n) is 9.14. The third-order valence-corrected chi connectivity index (χ3v) is 5.18. The lowest BCUT2D eigenvalue weighted by Crippen LogP contribution is -2.21. The lowest BCUT2D eigenvalue weighted by molar-refractivity contribution is -0.384. The van der Waals surface area contributed by atoms with Crippen LogP contribution >= 0.6 is 11.3 Å². The molecule has 0 aliphatic carbocycles. The summed E-state index contributed by atoms with van der Waals surface area (Å²) in [4.78, 5) is 38.7. The summed E-state index contributed by atoms with van der Waals surface area (Å²) in [5.41, 5.74) is 0.513. The first-order valence-corrected chi connectivity index (χ1v) is 10.0. The standard InChI is InChI=1S/C20H14FN3O7S/c21-12-1-4-15(5-2-12)29-10-18-22-13(11-32-18)9-30-19(25)8-23-16-6-3-14(24(27)28)7-17(16)31-20(23)26/h1-7,11H,8-10H2. The molecule has 0 bridgehead atoms. The SMILES string of the molecule is O=C(Cn1c(=O)oc2cc([N+](=O)[O-])ccc21)OCc1csc(COc2ccc(F)cc2)n1. The average molecular weight is 459 g/mol. The molecular formula is C20H14FN3O7S. The highest BCUT2D eigenvalue weighted by molar-refractivity contribution is 7.09. The number of thiazole rings is 1. The molecule has 0 atom stereocenters. The van der Waals surface area contributed by atoms with Crippen molar-refractivity contribution < 1.29 is 28.0 Å². The Hall–Kier alpha value is -4.06. The van der Waals surface area contributed by atoms with Gasteiger partial charge in [-0.25, -0.2) is 14.2 Å². The topological polar surface area (TPSA) is 127 Å². The van der Waals surface area contributed by atoms with E-state index in [0.29, 0.717) is 16.5 Å². The number of ether oxygens (including phenoxy) is 2. The summed E-state index contributed by atoms with van der Waals surface area (Å²) in [7, 11) is 0. The molecule has 164 valence electrons. The number of oxazole rings is 1. The number of nitro groups is 1. The number of carbonyl (C=O) groups is 1. The summed E-state index contributed by atoms with van der Waals surface area (Å²) >= 11 is 1.31. The molecule has 10 nitrogen and oxygen atoms in total. The minimum atomic E-state index is -0.827. The Morgan fingerprint density at radius 1 is 1.22 bits per heavy atom. The highest BCUT2D eigenvalue weighted by Gasteiger charge is 2.17. The molecule has 4 aromatic rings. The van der Waals surface area contributed by atoms with Gasteiger partial charge in [0.1, 0.15) is 36.3 Å². The Morgan fingerprint density at radius 3 is 2.75 bits per heavy atom. The highest BCUT2D eigenvalue weighted by atomic mass is 32.1. The van der Waals surface area contributed by atoms with Gasteiger partial charge in [0.05, 0.1) is 22.2 Å². The second-order valence-electron chi connectivity index (χ2n) is 6.50. The van der Waals surface area contributed by atoms with Crippen molar-refractivity contribution in [1.82, 2.24) is 9.55 Å². The number of nitrogens with zero attached hydrogens (tertiary/aromatic N) is 3. The van der Waals surface area contributed by atoms with Crippen molar-refractivity contribution in [1.29, 1.82) is 0 Å². The van der Waals surface area contributed by atoms with Gasteiger partial charge in [-0.1, -0.05) is 0 Å². The minimum absolute atomic E-state index is 0.00213. The van der Waals surface area contributed by atoms with Crippen molar-refractivity contribution in [3.63, 3.8) is 0 Å². The van der Waals surface area contributed by atoms with Crippen LogP contribution in [-0.4, -0.2) is 20.4 Å². The zero-order valence-electron chi connectivity index (χ0n) is 16.2. The van der Waals surface area contributed by atoms with Crippen molar-refractivity contribution in [2.24, 2.45) is 0 Å². The van der Waals surface area contributed by atoms with Crippen molar-refractivity contribution in [3.8, 4) is 5.75 Å². The van der Waals surface area contributed by atoms with Gasteiger partial charge in [-0.05, 0) is 30.3 Å². The van der Waals surface area contributed by atoms with Crippen molar-refractivity contribution in [3.05, 3.63) is 85.0 Å². The van der Waals surface area contributed by atoms with Gasteiger partial charge in [0.25, 0.3) is 5.69 Å². The second-order valence-corrected chi connectivity index (χ2v) is 7.44. The fourth-order valence-electron chi connectivity index (χ4n) is 2.80. The molecule has 2 heterocycles. The number of benzene rings is 2. The van der Waals surface area contributed by atoms with Crippen LogP contribution in [0.5, 0.6) is 5.75 Å². The number of nitro benzene ring substituents is 1. The van der Waals surface area contributed by atoms with Crippen LogP contribution in [0.3, 0.4) is 0 Å². The summed E-state index contributed by atoms with van der Waals surface area (Å²) in [5, 5.41) is 13.2. The van der Waals surface area contributed by atoms with Crippen LogP contribution in [0.1, 0.15) is 10.7 Å². The third kappa shape index (κ3) is 4.81. The minimum Gasteiger partial charge on any atom is -0.486 e. The van der Waals surface area contributed by atoms with Gasteiger partial charge in [0.2, 0.25) is 0 Å². The average Bonchev–Trinajstić information content (AvgIpc) is 3.35. The zero-order valence-corrected chi connectivity index (χ0v) is 17.0. The Morgan fingerprint density at radius 2 is 2.00 bits per heavy atom. The summed E-state index contributed by atoms with van der Waals surface area (Å²) in [6, 6.07) is 9.25. The molecule has 0 fully saturated rings. The molecule has 0 aliphatic rings. The van der Waals surface area contributed by atoms with Gasteiger partial charge < -0.3 is 13.9 Å². The summed E-state index contributed by atoms with van der Waals surface area (Å²) in [6.45, 7) is -0.358. The van der Waals surface area contributed by atoms with Crippen LogP contribution in [0.2, 0.25) is 0 Å². The first kappa shape index (κ1) is 21.2. The molecule has 0 saturated carbocycles. The van der Waals surface area contributed by atoms with Crippen molar-refractivity contribution in [2.75, 3.05) is 0 Å². The molecule has 0 amide bonds. The molecule has 2 aromatic carbocycles. The predicted molar refractivity (Wildman–Crippen MR) is 110 cm³/mol. The maximum absolute atomic E-state index is 12.9. The van der Waals surface area contributed by atoms with Crippen molar-refractivity contribution >= 4 is 34.1 Å². The predicted octanol–water partition coefficient (Wildman–Crippen LogP) is 3.42. The fourth-order valence-corrected chi connectivity index (χ4v) is 3.49. The van der Waals surface area contributed by atoms with Gasteiger partial charge in [-0.3, -0.25) is 19.5 Å². The number of carbonyl (C=O) groups excluding carboxylic acids is 1. The highest BCUT2D eigenvalue weighted by Crippen LogP contribution is 2.20. The second kappa shape index (κ2) is 8.98. The van der Waals surface area contributed by atoms with E-state index in [1.54, 1.807) is 5.38 Å². The van der Waals surface area contributed by atoms with E-state index in [1.807, 2.05) is 0 Å². The number of aromatic nitrogens is 2. The van der Waals surface area contributed by atoms with E-state index in [2.05, 4.69) is 4.98 Å². The number of non-ortho nitro benzene ring substituents is 1. The molecule has 12 heteroatoms. The van der Waals surface area contributed by atoms with E-state index in [1.165, 1.54) is 47.7 Å². The quantitative estimate of drug-likeness (QED) is 0.223.